The van der Waals surface area contributed by atoms with E-state index in [0.29, 0.717) is 18.6 Å². The van der Waals surface area contributed by atoms with E-state index in [1.54, 1.807) is 20.5 Å². The van der Waals surface area contributed by atoms with Crippen molar-refractivity contribution in [2.75, 3.05) is 39.8 Å². The molecule has 1 spiro atoms. The largest absolute Gasteiger partial charge is 0.504 e. The van der Waals surface area contributed by atoms with Crippen LogP contribution < -0.4 is 10.1 Å². The third-order valence-electron chi connectivity index (χ3n) is 8.15. The molecule has 2 bridgehead atoms. The first kappa shape index (κ1) is 23.9. The van der Waals surface area contributed by atoms with E-state index in [4.69, 9.17) is 23.7 Å². The van der Waals surface area contributed by atoms with Crippen molar-refractivity contribution < 1.29 is 28.5 Å². The number of benzene rings is 1. The zero-order valence-electron chi connectivity index (χ0n) is 20.4. The van der Waals surface area contributed by atoms with Crippen molar-refractivity contribution in [2.24, 2.45) is 11.8 Å². The minimum Gasteiger partial charge on any atom is -0.504 e. The fraction of sp³-hybridized carbons (Fsp3) is 0.640. The normalized spacial score (nSPS) is 35.9. The highest BCUT2D eigenvalue weighted by molar-refractivity contribution is 9.10. The van der Waals surface area contributed by atoms with E-state index < -0.39 is 11.3 Å². The fourth-order valence-corrected chi connectivity index (χ4v) is 7.27. The van der Waals surface area contributed by atoms with Crippen LogP contribution in [0, 0.1) is 11.8 Å². The lowest BCUT2D eigenvalue weighted by Gasteiger charge is -2.51. The topological polar surface area (TPSA) is 78.5 Å². The minimum absolute atomic E-state index is 0.0143. The van der Waals surface area contributed by atoms with Crippen LogP contribution in [0.15, 0.2) is 28.4 Å². The van der Waals surface area contributed by atoms with Crippen LogP contribution >= 0.6 is 15.9 Å². The number of halogens is 1. The van der Waals surface area contributed by atoms with Crippen LogP contribution in [0.4, 0.5) is 5.69 Å². The Kier molecular flexibility index (Phi) is 6.11. The van der Waals surface area contributed by atoms with Gasteiger partial charge >= 0.3 is 5.97 Å². The SMILES string of the molecule is CCO[C@]12CC3O[C@@]1(Nc1c(Br)ccc(OC)c12)[C@@H]1C[C@H](/C(=C\OC)C(=O)OC)[C@H](CC)CN31. The molecular formula is C25H33BrN2O6. The summed E-state index contributed by atoms with van der Waals surface area (Å²) >= 11 is 3.72. The Morgan fingerprint density at radius 2 is 2.12 bits per heavy atom. The van der Waals surface area contributed by atoms with E-state index in [2.05, 4.69) is 33.1 Å². The Morgan fingerprint density at radius 3 is 2.76 bits per heavy atom. The van der Waals surface area contributed by atoms with Crippen LogP contribution in [0.25, 0.3) is 0 Å². The maximum Gasteiger partial charge on any atom is 0.337 e. The van der Waals surface area contributed by atoms with Crippen molar-refractivity contribution >= 4 is 27.6 Å². The summed E-state index contributed by atoms with van der Waals surface area (Å²) in [5.41, 5.74) is 1.04. The molecule has 1 unspecified atom stereocenters. The summed E-state index contributed by atoms with van der Waals surface area (Å²) in [7, 11) is 4.67. The lowest BCUT2D eigenvalue weighted by Crippen LogP contribution is -2.66. The predicted octanol–water partition coefficient (Wildman–Crippen LogP) is 3.99. The molecule has 8 nitrogen and oxygen atoms in total. The van der Waals surface area contributed by atoms with Crippen LogP contribution in [-0.4, -0.2) is 63.3 Å². The van der Waals surface area contributed by atoms with Gasteiger partial charge in [0.25, 0.3) is 0 Å². The molecule has 1 aromatic carbocycles. The maximum atomic E-state index is 12.7. The predicted molar refractivity (Wildman–Crippen MR) is 129 cm³/mol. The highest BCUT2D eigenvalue weighted by Gasteiger charge is 2.77. The number of rotatable bonds is 7. The third kappa shape index (κ3) is 3.03. The molecule has 0 saturated carbocycles. The first-order chi connectivity index (χ1) is 16.4. The Hall–Kier alpha value is -1.81. The average Bonchev–Trinajstić information content (AvgIpc) is 3.43. The van der Waals surface area contributed by atoms with Gasteiger partial charge in [0.05, 0.1) is 50.5 Å². The molecule has 0 radical (unpaired) electrons. The molecule has 3 fully saturated rings. The van der Waals surface area contributed by atoms with Gasteiger partial charge in [0, 0.05) is 24.0 Å². The minimum atomic E-state index is -0.793. The van der Waals surface area contributed by atoms with Crippen molar-refractivity contribution in [2.45, 2.75) is 56.7 Å². The summed E-state index contributed by atoms with van der Waals surface area (Å²) in [5.74, 6) is 0.698. The van der Waals surface area contributed by atoms with E-state index >= 15 is 0 Å². The van der Waals surface area contributed by atoms with Gasteiger partial charge in [0.1, 0.15) is 12.0 Å². The number of hydrogen-bond donors (Lipinski definition) is 1. The van der Waals surface area contributed by atoms with Crippen LogP contribution in [-0.2, 0) is 29.3 Å². The summed E-state index contributed by atoms with van der Waals surface area (Å²) < 4.78 is 30.7. The zero-order chi connectivity index (χ0) is 24.3. The smallest absolute Gasteiger partial charge is 0.337 e. The molecule has 186 valence electrons. The Balaban J connectivity index is 1.61. The number of hydrogen-bond acceptors (Lipinski definition) is 8. The summed E-state index contributed by atoms with van der Waals surface area (Å²) in [4.78, 5) is 15.2. The summed E-state index contributed by atoms with van der Waals surface area (Å²) in [5, 5.41) is 3.75. The van der Waals surface area contributed by atoms with Gasteiger partial charge in [0.15, 0.2) is 11.3 Å². The van der Waals surface area contributed by atoms with E-state index in [1.807, 2.05) is 19.1 Å². The van der Waals surface area contributed by atoms with E-state index in [0.717, 1.165) is 40.9 Å². The van der Waals surface area contributed by atoms with Gasteiger partial charge in [-0.05, 0) is 53.2 Å². The Morgan fingerprint density at radius 1 is 1.32 bits per heavy atom. The van der Waals surface area contributed by atoms with Crippen molar-refractivity contribution in [3.63, 3.8) is 0 Å². The zero-order valence-corrected chi connectivity index (χ0v) is 21.9. The second-order valence-corrected chi connectivity index (χ2v) is 10.3. The number of nitrogens with one attached hydrogen (secondary N) is 1. The Labute approximate surface area is 209 Å². The third-order valence-corrected chi connectivity index (χ3v) is 8.81. The lowest BCUT2D eigenvalue weighted by molar-refractivity contribution is -0.150. The molecule has 6 atom stereocenters. The number of esters is 1. The molecule has 3 saturated heterocycles. The molecule has 4 heterocycles. The van der Waals surface area contributed by atoms with Crippen molar-refractivity contribution in [1.29, 1.82) is 0 Å². The lowest BCUT2D eigenvalue weighted by atomic mass is 9.68. The van der Waals surface area contributed by atoms with E-state index in [-0.39, 0.29) is 30.1 Å². The van der Waals surface area contributed by atoms with Crippen LogP contribution in [0.1, 0.15) is 38.7 Å². The molecule has 0 aliphatic carbocycles. The average molecular weight is 537 g/mol. The summed E-state index contributed by atoms with van der Waals surface area (Å²) in [6.07, 6.45) is 3.84. The monoisotopic (exact) mass is 536 g/mol. The highest BCUT2D eigenvalue weighted by Crippen LogP contribution is 2.67. The molecule has 0 amide bonds. The van der Waals surface area contributed by atoms with E-state index in [1.165, 1.54) is 7.11 Å². The molecule has 4 aliphatic rings. The highest BCUT2D eigenvalue weighted by atomic mass is 79.9. The number of anilines is 1. The molecule has 5 rings (SSSR count). The number of carbonyl (C=O) groups is 1. The van der Waals surface area contributed by atoms with Crippen molar-refractivity contribution in [3.05, 3.63) is 34.0 Å². The number of fused-ring (bicyclic) bond motifs is 5. The second kappa shape index (κ2) is 8.69. The fourth-order valence-electron chi connectivity index (χ4n) is 6.84. The van der Waals surface area contributed by atoms with Gasteiger partial charge in [-0.25, -0.2) is 4.79 Å². The number of piperidine rings is 2. The van der Waals surface area contributed by atoms with Crippen molar-refractivity contribution in [3.8, 4) is 5.75 Å². The quantitative estimate of drug-likeness (QED) is 0.318. The first-order valence-electron chi connectivity index (χ1n) is 11.9. The van der Waals surface area contributed by atoms with Crippen LogP contribution in [0.3, 0.4) is 0 Å². The molecule has 1 aromatic rings. The summed E-state index contributed by atoms with van der Waals surface area (Å²) in [6.45, 7) is 5.56. The first-order valence-corrected chi connectivity index (χ1v) is 12.7. The molecule has 4 aliphatic heterocycles. The molecule has 1 N–H and O–H groups in total. The van der Waals surface area contributed by atoms with Crippen LogP contribution in [0.2, 0.25) is 0 Å². The number of carbonyl (C=O) groups excluding carboxylic acids is 1. The van der Waals surface area contributed by atoms with Gasteiger partial charge < -0.3 is 29.0 Å². The number of methoxy groups -OCH3 is 3. The molecule has 0 aromatic heterocycles. The van der Waals surface area contributed by atoms with Crippen molar-refractivity contribution in [1.82, 2.24) is 4.90 Å². The molecular weight excluding hydrogens is 504 g/mol. The standard InChI is InChI=1S/C25H33BrN2O6/c1-6-14-12-28-19(10-15(14)16(13-30-3)23(29)32-5)25-24(33-7-2,11-20(28)34-25)21-18(31-4)9-8-17(26)22(21)27-25/h8-9,13-15,19-20,27H,6-7,10-12H2,1-5H3/b16-13+/t14-,15+,19+,20?,24+,25+/m1/s1. The van der Waals surface area contributed by atoms with Gasteiger partial charge in [-0.2, -0.15) is 0 Å². The number of nitrogens with zero attached hydrogens (tertiary/aromatic N) is 1. The Bertz CT molecular complexity index is 1020. The van der Waals surface area contributed by atoms with Gasteiger partial charge in [0.2, 0.25) is 0 Å². The van der Waals surface area contributed by atoms with Gasteiger partial charge in [-0.15, -0.1) is 0 Å². The van der Waals surface area contributed by atoms with E-state index in [9.17, 15) is 4.79 Å². The summed E-state index contributed by atoms with van der Waals surface area (Å²) in [6, 6.07) is 3.95. The van der Waals surface area contributed by atoms with Crippen LogP contribution in [0.5, 0.6) is 5.75 Å². The molecule has 34 heavy (non-hydrogen) atoms. The molecule has 9 heteroatoms. The maximum absolute atomic E-state index is 12.7. The van der Waals surface area contributed by atoms with Gasteiger partial charge in [-0.3, -0.25) is 4.90 Å². The number of ether oxygens (including phenoxy) is 5. The second-order valence-electron chi connectivity index (χ2n) is 9.42. The van der Waals surface area contributed by atoms with Gasteiger partial charge in [-0.1, -0.05) is 13.3 Å².